The highest BCUT2D eigenvalue weighted by atomic mass is 16.5. The summed E-state index contributed by atoms with van der Waals surface area (Å²) in [4.78, 5) is 27.6. The second-order valence-electron chi connectivity index (χ2n) is 9.68. The van der Waals surface area contributed by atoms with Gasteiger partial charge in [-0.1, -0.05) is 19.1 Å². The molecule has 1 fully saturated rings. The Labute approximate surface area is 200 Å². The Morgan fingerprint density at radius 3 is 2.38 bits per heavy atom. The number of amides is 1. The Hall–Kier alpha value is -3.12. The molecule has 0 radical (unpaired) electrons. The highest BCUT2D eigenvalue weighted by Crippen LogP contribution is 2.38. The molecule has 3 aromatic rings. The summed E-state index contributed by atoms with van der Waals surface area (Å²) in [7, 11) is 1.62. The van der Waals surface area contributed by atoms with Crippen molar-refractivity contribution in [2.24, 2.45) is 11.8 Å². The van der Waals surface area contributed by atoms with Crippen molar-refractivity contribution >= 4 is 39.5 Å². The summed E-state index contributed by atoms with van der Waals surface area (Å²) in [5.41, 5.74) is 2.53. The predicted octanol–water partition coefficient (Wildman–Crippen LogP) is 6.73. The zero-order chi connectivity index (χ0) is 24.6. The number of benzene rings is 2. The van der Waals surface area contributed by atoms with Gasteiger partial charge in [-0.15, -0.1) is 6.58 Å². The van der Waals surface area contributed by atoms with Gasteiger partial charge in [-0.25, -0.2) is 4.79 Å². The molecule has 1 saturated carbocycles. The van der Waals surface area contributed by atoms with Crippen LogP contribution in [0.3, 0.4) is 0 Å². The molecule has 1 atom stereocenters. The molecule has 1 aromatic heterocycles. The summed E-state index contributed by atoms with van der Waals surface area (Å²) >= 11 is 0. The second kappa shape index (κ2) is 9.63. The molecular formula is C28H33NO5. The molecule has 0 bridgehead atoms. The number of rotatable bonds is 7. The van der Waals surface area contributed by atoms with Gasteiger partial charge in [0.2, 0.25) is 5.91 Å². The third-order valence-electron chi connectivity index (χ3n) is 7.02. The van der Waals surface area contributed by atoms with Crippen molar-refractivity contribution in [3.05, 3.63) is 54.1 Å². The van der Waals surface area contributed by atoms with E-state index < -0.39 is 5.97 Å². The van der Waals surface area contributed by atoms with E-state index >= 15 is 0 Å². The Balaban J connectivity index is 1.88. The van der Waals surface area contributed by atoms with E-state index in [2.05, 4.69) is 13.5 Å². The van der Waals surface area contributed by atoms with Crippen molar-refractivity contribution in [2.45, 2.75) is 58.6 Å². The Morgan fingerprint density at radius 1 is 1.12 bits per heavy atom. The number of nitrogens with zero attached hydrogens (tertiary/aromatic N) is 1. The van der Waals surface area contributed by atoms with Crippen molar-refractivity contribution in [1.29, 1.82) is 0 Å². The van der Waals surface area contributed by atoms with Gasteiger partial charge in [-0.05, 0) is 75.3 Å². The average Bonchev–Trinajstić information content (AvgIpc) is 3.16. The van der Waals surface area contributed by atoms with E-state index in [9.17, 15) is 14.7 Å². The summed E-state index contributed by atoms with van der Waals surface area (Å²) in [6.07, 6.45) is 5.17. The van der Waals surface area contributed by atoms with Crippen LogP contribution in [0.2, 0.25) is 0 Å². The average molecular weight is 464 g/mol. The van der Waals surface area contributed by atoms with Crippen LogP contribution in [0.25, 0.3) is 21.9 Å². The van der Waals surface area contributed by atoms with E-state index in [1.807, 2.05) is 32.0 Å². The van der Waals surface area contributed by atoms with Gasteiger partial charge >= 0.3 is 5.97 Å². The molecule has 6 heteroatoms. The standard InChI is InChI=1S/C28H33NO5/c1-6-24(33-5)19-11-12-25-20(13-19)21-14-23(22(28(31)32)15-26(21)34-25)29(16(2)3)27(30)18-9-7-17(4)8-10-18/h6,11-18,24H,1,7-10H2,2-5H3,(H,31,32). The smallest absolute Gasteiger partial charge is 0.337 e. The summed E-state index contributed by atoms with van der Waals surface area (Å²) in [6, 6.07) is 8.90. The SMILES string of the molecule is C=CC(OC)c1ccc2oc3cc(C(=O)O)c(N(C(=O)C4CCC(C)CC4)C(C)C)cc3c2c1. The van der Waals surface area contributed by atoms with Gasteiger partial charge in [0.1, 0.15) is 17.3 Å². The number of ether oxygens (including phenoxy) is 1. The lowest BCUT2D eigenvalue weighted by Gasteiger charge is -2.34. The highest BCUT2D eigenvalue weighted by Gasteiger charge is 2.33. The van der Waals surface area contributed by atoms with Crippen molar-refractivity contribution in [2.75, 3.05) is 12.0 Å². The van der Waals surface area contributed by atoms with E-state index in [4.69, 9.17) is 9.15 Å². The number of carbonyl (C=O) groups excluding carboxylic acids is 1. The fraction of sp³-hybridized carbons (Fsp3) is 0.429. The zero-order valence-electron chi connectivity index (χ0n) is 20.3. The molecule has 180 valence electrons. The molecule has 1 heterocycles. The van der Waals surface area contributed by atoms with Crippen molar-refractivity contribution < 1.29 is 23.8 Å². The number of hydrogen-bond acceptors (Lipinski definition) is 4. The van der Waals surface area contributed by atoms with E-state index in [1.54, 1.807) is 30.2 Å². The maximum atomic E-state index is 13.7. The second-order valence-corrected chi connectivity index (χ2v) is 9.68. The number of carbonyl (C=O) groups is 2. The summed E-state index contributed by atoms with van der Waals surface area (Å²) in [5.74, 6) is -0.539. The lowest BCUT2D eigenvalue weighted by atomic mass is 9.82. The molecular weight excluding hydrogens is 430 g/mol. The lowest BCUT2D eigenvalue weighted by Crippen LogP contribution is -2.42. The number of furan rings is 1. The first kappa shape index (κ1) is 24.0. The van der Waals surface area contributed by atoms with Crippen LogP contribution in [0.4, 0.5) is 5.69 Å². The number of aromatic carboxylic acids is 1. The highest BCUT2D eigenvalue weighted by molar-refractivity contribution is 6.12. The summed E-state index contributed by atoms with van der Waals surface area (Å²) < 4.78 is 11.5. The Bertz CT molecular complexity index is 1230. The topological polar surface area (TPSA) is 80.0 Å². The minimum absolute atomic E-state index is 0.00310. The largest absolute Gasteiger partial charge is 0.478 e. The maximum Gasteiger partial charge on any atom is 0.337 e. The number of hydrogen-bond donors (Lipinski definition) is 1. The number of methoxy groups -OCH3 is 1. The normalized spacial score (nSPS) is 19.4. The molecule has 1 unspecified atom stereocenters. The lowest BCUT2D eigenvalue weighted by molar-refractivity contribution is -0.123. The van der Waals surface area contributed by atoms with Gasteiger partial charge in [-0.3, -0.25) is 4.79 Å². The molecule has 2 aromatic carbocycles. The third kappa shape index (κ3) is 4.34. The van der Waals surface area contributed by atoms with E-state index in [0.717, 1.165) is 42.0 Å². The molecule has 0 aliphatic heterocycles. The minimum atomic E-state index is -1.08. The van der Waals surface area contributed by atoms with Crippen LogP contribution in [0.5, 0.6) is 0 Å². The first-order valence-corrected chi connectivity index (χ1v) is 12.0. The van der Waals surface area contributed by atoms with Gasteiger partial charge in [-0.2, -0.15) is 0 Å². The van der Waals surface area contributed by atoms with Crippen LogP contribution in [0.1, 0.15) is 68.5 Å². The zero-order valence-corrected chi connectivity index (χ0v) is 20.3. The first-order valence-electron chi connectivity index (χ1n) is 12.0. The molecule has 6 nitrogen and oxygen atoms in total. The van der Waals surface area contributed by atoms with Crippen molar-refractivity contribution in [3.8, 4) is 0 Å². The van der Waals surface area contributed by atoms with Crippen LogP contribution < -0.4 is 4.90 Å². The van der Waals surface area contributed by atoms with Gasteiger partial charge in [0.05, 0.1) is 11.3 Å². The molecule has 0 saturated heterocycles. The molecule has 1 aliphatic rings. The monoisotopic (exact) mass is 463 g/mol. The number of fused-ring (bicyclic) bond motifs is 3. The van der Waals surface area contributed by atoms with E-state index in [-0.39, 0.29) is 29.5 Å². The van der Waals surface area contributed by atoms with Crippen LogP contribution in [-0.2, 0) is 9.53 Å². The fourth-order valence-electron chi connectivity index (χ4n) is 5.10. The molecule has 1 amide bonds. The van der Waals surface area contributed by atoms with E-state index in [1.165, 1.54) is 0 Å². The van der Waals surface area contributed by atoms with Crippen molar-refractivity contribution in [3.63, 3.8) is 0 Å². The third-order valence-corrected chi connectivity index (χ3v) is 7.02. The number of anilines is 1. The van der Waals surface area contributed by atoms with Crippen molar-refractivity contribution in [1.82, 2.24) is 0 Å². The first-order chi connectivity index (χ1) is 16.2. The molecule has 4 rings (SSSR count). The fourth-order valence-corrected chi connectivity index (χ4v) is 5.10. The summed E-state index contributed by atoms with van der Waals surface area (Å²) in [5, 5.41) is 11.6. The molecule has 34 heavy (non-hydrogen) atoms. The van der Waals surface area contributed by atoms with Gasteiger partial charge in [0, 0.05) is 29.8 Å². The quantitative estimate of drug-likeness (QED) is 0.393. The van der Waals surface area contributed by atoms with Gasteiger partial charge in [0.25, 0.3) is 0 Å². The Kier molecular flexibility index (Phi) is 6.80. The molecule has 1 aliphatic carbocycles. The summed E-state index contributed by atoms with van der Waals surface area (Å²) in [6.45, 7) is 9.91. The van der Waals surface area contributed by atoms with Gasteiger partial charge < -0.3 is 19.2 Å². The Morgan fingerprint density at radius 2 is 1.79 bits per heavy atom. The van der Waals surface area contributed by atoms with Crippen LogP contribution in [-0.4, -0.2) is 30.1 Å². The minimum Gasteiger partial charge on any atom is -0.478 e. The maximum absolute atomic E-state index is 13.7. The van der Waals surface area contributed by atoms with Crippen LogP contribution in [0.15, 0.2) is 47.4 Å². The number of carboxylic acids is 1. The number of carboxylic acid groups (broad SMARTS) is 1. The molecule has 1 N–H and O–H groups in total. The predicted molar refractivity (Wildman–Crippen MR) is 134 cm³/mol. The van der Waals surface area contributed by atoms with Crippen LogP contribution >= 0.6 is 0 Å². The van der Waals surface area contributed by atoms with E-state index in [0.29, 0.717) is 22.8 Å². The van der Waals surface area contributed by atoms with Gasteiger partial charge in [0.15, 0.2) is 0 Å². The molecule has 0 spiro atoms. The van der Waals surface area contributed by atoms with Crippen LogP contribution in [0, 0.1) is 11.8 Å².